The molecule has 0 saturated heterocycles. The summed E-state index contributed by atoms with van der Waals surface area (Å²) in [6, 6.07) is 0. The summed E-state index contributed by atoms with van der Waals surface area (Å²) in [5.74, 6) is -0.572. The topological polar surface area (TPSA) is 105 Å². The molecule has 1 unspecified atom stereocenters. The molecule has 0 aliphatic heterocycles. The first-order chi connectivity index (χ1) is 8.77. The Labute approximate surface area is 109 Å². The third-order valence-corrected chi connectivity index (χ3v) is 3.31. The Balaban J connectivity index is 3.63. The Kier molecular flexibility index (Phi) is 3.78. The van der Waals surface area contributed by atoms with Gasteiger partial charge in [-0.1, -0.05) is 13.8 Å². The average molecular weight is 263 g/mol. The minimum absolute atomic E-state index is 0.0489. The second-order valence-electron chi connectivity index (χ2n) is 5.50. The highest BCUT2D eigenvalue weighted by atomic mass is 16.1. The van der Waals surface area contributed by atoms with Crippen LogP contribution in [0.1, 0.15) is 33.6 Å². The van der Waals surface area contributed by atoms with Crippen molar-refractivity contribution in [2.45, 2.75) is 44.8 Å². The molecule has 0 amide bonds. The van der Waals surface area contributed by atoms with Crippen molar-refractivity contribution in [3.05, 3.63) is 0 Å². The average Bonchev–Trinajstić information content (AvgIpc) is 2.25. The molecule has 0 heterocycles. The number of aliphatic imine (C=N–C) groups is 3. The van der Waals surface area contributed by atoms with Gasteiger partial charge in [0.15, 0.2) is 5.78 Å². The maximum atomic E-state index is 12.3. The molecule has 0 spiro atoms. The molecular weight excluding hydrogens is 250 g/mol. The van der Waals surface area contributed by atoms with Gasteiger partial charge in [0.2, 0.25) is 18.2 Å². The van der Waals surface area contributed by atoms with Crippen molar-refractivity contribution in [2.75, 3.05) is 0 Å². The normalized spacial score (nSPS) is 32.5. The van der Waals surface area contributed by atoms with Crippen LogP contribution in [-0.4, -0.2) is 35.2 Å². The van der Waals surface area contributed by atoms with E-state index in [0.29, 0.717) is 0 Å². The maximum absolute atomic E-state index is 12.3. The molecule has 1 aliphatic rings. The minimum atomic E-state index is -2.07. The zero-order chi connectivity index (χ0) is 14.7. The predicted molar refractivity (Wildman–Crippen MR) is 63.5 cm³/mol. The molecule has 0 N–H and O–H groups in total. The Morgan fingerprint density at radius 1 is 0.947 bits per heavy atom. The standard InChI is InChI=1S/C12H13N3O4/c1-10(2)4-9(19)12(14-7-17,15-8-18)11(3,5-10)13-6-16/h4-5H2,1-3H3. The van der Waals surface area contributed by atoms with Crippen LogP contribution in [0.3, 0.4) is 0 Å². The van der Waals surface area contributed by atoms with Crippen LogP contribution in [0.2, 0.25) is 0 Å². The number of nitrogens with zero attached hydrogens (tertiary/aromatic N) is 3. The third kappa shape index (κ3) is 2.35. The lowest BCUT2D eigenvalue weighted by atomic mass is 9.63. The zero-order valence-electron chi connectivity index (χ0n) is 10.9. The van der Waals surface area contributed by atoms with E-state index in [9.17, 15) is 19.2 Å². The van der Waals surface area contributed by atoms with Gasteiger partial charge in [-0.25, -0.2) is 14.4 Å². The summed E-state index contributed by atoms with van der Waals surface area (Å²) in [5, 5.41) is 0. The van der Waals surface area contributed by atoms with Gasteiger partial charge < -0.3 is 0 Å². The lowest BCUT2D eigenvalue weighted by Crippen LogP contribution is -2.60. The first kappa shape index (κ1) is 14.9. The van der Waals surface area contributed by atoms with Crippen LogP contribution < -0.4 is 0 Å². The van der Waals surface area contributed by atoms with Gasteiger partial charge in [0.05, 0.1) is 0 Å². The van der Waals surface area contributed by atoms with E-state index in [1.165, 1.54) is 25.2 Å². The van der Waals surface area contributed by atoms with Crippen LogP contribution in [0.5, 0.6) is 0 Å². The van der Waals surface area contributed by atoms with E-state index < -0.39 is 22.4 Å². The monoisotopic (exact) mass is 263 g/mol. The zero-order valence-corrected chi connectivity index (χ0v) is 10.9. The van der Waals surface area contributed by atoms with Crippen LogP contribution in [-0.2, 0) is 19.2 Å². The molecule has 1 aliphatic carbocycles. The fourth-order valence-electron chi connectivity index (χ4n) is 2.72. The van der Waals surface area contributed by atoms with Crippen LogP contribution in [0.25, 0.3) is 0 Å². The number of ketones is 1. The SMILES string of the molecule is CC1(C)CC(=O)C(N=C=O)(N=C=O)C(C)(N=C=O)C1. The first-order valence-corrected chi connectivity index (χ1v) is 5.57. The van der Waals surface area contributed by atoms with Crippen molar-refractivity contribution in [1.82, 2.24) is 0 Å². The van der Waals surface area contributed by atoms with Crippen LogP contribution in [0.4, 0.5) is 0 Å². The number of carbonyl (C=O) groups is 1. The molecule has 0 aromatic carbocycles. The van der Waals surface area contributed by atoms with E-state index in [0.717, 1.165) is 0 Å². The second kappa shape index (κ2) is 4.82. The lowest BCUT2D eigenvalue weighted by molar-refractivity contribution is -0.132. The summed E-state index contributed by atoms with van der Waals surface area (Å²) in [7, 11) is 0. The van der Waals surface area contributed by atoms with Gasteiger partial charge in [-0.2, -0.15) is 15.0 Å². The number of Topliss-reactive ketones (excluding diaryl/α,β-unsaturated/α-hetero) is 1. The molecule has 0 aromatic heterocycles. The van der Waals surface area contributed by atoms with Gasteiger partial charge in [-0.05, 0) is 18.8 Å². The molecule has 1 saturated carbocycles. The van der Waals surface area contributed by atoms with Crippen LogP contribution in [0, 0.1) is 5.41 Å². The molecular formula is C12H13N3O4. The summed E-state index contributed by atoms with van der Waals surface area (Å²) in [4.78, 5) is 54.3. The Morgan fingerprint density at radius 2 is 1.42 bits per heavy atom. The number of hydrogen-bond donors (Lipinski definition) is 0. The third-order valence-electron chi connectivity index (χ3n) is 3.31. The highest BCUT2D eigenvalue weighted by molar-refractivity contribution is 5.93. The highest BCUT2D eigenvalue weighted by Crippen LogP contribution is 2.48. The summed E-state index contributed by atoms with van der Waals surface area (Å²) in [6.45, 7) is 5.05. The van der Waals surface area contributed by atoms with E-state index in [1.54, 1.807) is 0 Å². The first-order valence-electron chi connectivity index (χ1n) is 5.57. The van der Waals surface area contributed by atoms with E-state index in [4.69, 9.17) is 0 Å². The second-order valence-corrected chi connectivity index (χ2v) is 5.50. The van der Waals surface area contributed by atoms with Crippen molar-refractivity contribution in [2.24, 2.45) is 20.4 Å². The molecule has 0 bridgehead atoms. The number of isocyanates is 3. The van der Waals surface area contributed by atoms with E-state index in [2.05, 4.69) is 15.0 Å². The van der Waals surface area contributed by atoms with Crippen molar-refractivity contribution >= 4 is 24.0 Å². The summed E-state index contributed by atoms with van der Waals surface area (Å²) in [5.41, 5.74) is -3.99. The predicted octanol–water partition coefficient (Wildman–Crippen LogP) is 0.838. The molecule has 7 nitrogen and oxygen atoms in total. The fourth-order valence-corrected chi connectivity index (χ4v) is 2.72. The molecule has 1 fully saturated rings. The van der Waals surface area contributed by atoms with E-state index in [1.807, 2.05) is 13.8 Å². The van der Waals surface area contributed by atoms with Gasteiger partial charge in [0, 0.05) is 6.42 Å². The largest absolute Gasteiger partial charge is 0.295 e. The molecule has 100 valence electrons. The summed E-state index contributed by atoms with van der Waals surface area (Å²) in [6.07, 6.45) is 4.09. The van der Waals surface area contributed by atoms with Crippen molar-refractivity contribution in [3.63, 3.8) is 0 Å². The van der Waals surface area contributed by atoms with E-state index >= 15 is 0 Å². The van der Waals surface area contributed by atoms with Crippen molar-refractivity contribution in [3.8, 4) is 0 Å². The smallest absolute Gasteiger partial charge is 0.257 e. The number of rotatable bonds is 3. The molecule has 19 heavy (non-hydrogen) atoms. The van der Waals surface area contributed by atoms with Gasteiger partial charge in [-0.3, -0.25) is 4.79 Å². The van der Waals surface area contributed by atoms with Crippen molar-refractivity contribution < 1.29 is 19.2 Å². The van der Waals surface area contributed by atoms with Crippen LogP contribution >= 0.6 is 0 Å². The molecule has 7 heteroatoms. The van der Waals surface area contributed by atoms with Gasteiger partial charge in [0.1, 0.15) is 5.54 Å². The number of carbonyl (C=O) groups excluding carboxylic acids is 4. The molecule has 0 aromatic rings. The number of hydrogen-bond acceptors (Lipinski definition) is 7. The maximum Gasteiger partial charge on any atom is 0.257 e. The Hall–Kier alpha value is -2.19. The Bertz CT molecular complexity index is 531. The summed E-state index contributed by atoms with van der Waals surface area (Å²) >= 11 is 0. The molecule has 1 rings (SSSR count). The van der Waals surface area contributed by atoms with Gasteiger partial charge in [0.25, 0.3) is 5.66 Å². The molecule has 1 atom stereocenters. The van der Waals surface area contributed by atoms with E-state index in [-0.39, 0.29) is 12.8 Å². The van der Waals surface area contributed by atoms with Gasteiger partial charge in [-0.15, -0.1) is 0 Å². The fraction of sp³-hybridized carbons (Fsp3) is 0.667. The lowest BCUT2D eigenvalue weighted by Gasteiger charge is -2.46. The Morgan fingerprint density at radius 3 is 1.84 bits per heavy atom. The van der Waals surface area contributed by atoms with Crippen LogP contribution in [0.15, 0.2) is 15.0 Å². The quantitative estimate of drug-likeness (QED) is 0.555. The van der Waals surface area contributed by atoms with Gasteiger partial charge >= 0.3 is 0 Å². The minimum Gasteiger partial charge on any atom is -0.295 e. The highest BCUT2D eigenvalue weighted by Gasteiger charge is 2.61. The molecule has 0 radical (unpaired) electrons. The van der Waals surface area contributed by atoms with Crippen molar-refractivity contribution in [1.29, 1.82) is 0 Å². The summed E-state index contributed by atoms with van der Waals surface area (Å²) < 4.78 is 0.